The molecule has 130 valence electrons. The third kappa shape index (κ3) is 4.45. The number of rotatable bonds is 7. The van der Waals surface area contributed by atoms with Crippen molar-refractivity contribution >= 4 is 16.8 Å². The van der Waals surface area contributed by atoms with Crippen molar-refractivity contribution in [1.29, 1.82) is 0 Å². The van der Waals surface area contributed by atoms with E-state index < -0.39 is 0 Å². The summed E-state index contributed by atoms with van der Waals surface area (Å²) in [5.41, 5.74) is 2.35. The molecule has 0 aliphatic rings. The number of amides is 1. The summed E-state index contributed by atoms with van der Waals surface area (Å²) in [6.45, 7) is 10.8. The summed E-state index contributed by atoms with van der Waals surface area (Å²) in [5, 5.41) is 3.96. The SMILES string of the molecule is CCN(CC)C(C)CNC(=O)Cc1ccc2[nH]c(=O)c(C)cc2c1. The van der Waals surface area contributed by atoms with Gasteiger partial charge in [0, 0.05) is 23.7 Å². The molecule has 1 atom stereocenters. The van der Waals surface area contributed by atoms with Gasteiger partial charge in [0.05, 0.1) is 6.42 Å². The van der Waals surface area contributed by atoms with Crippen LogP contribution in [-0.4, -0.2) is 41.5 Å². The Bertz CT molecular complexity index is 763. The number of hydrogen-bond acceptors (Lipinski definition) is 3. The number of aryl methyl sites for hydroxylation is 1. The van der Waals surface area contributed by atoms with Gasteiger partial charge in [-0.25, -0.2) is 0 Å². The molecule has 5 nitrogen and oxygen atoms in total. The van der Waals surface area contributed by atoms with Gasteiger partial charge in [-0.1, -0.05) is 19.9 Å². The van der Waals surface area contributed by atoms with E-state index >= 15 is 0 Å². The molecule has 0 aliphatic carbocycles. The highest BCUT2D eigenvalue weighted by atomic mass is 16.1. The molecule has 0 spiro atoms. The number of likely N-dealkylation sites (N-methyl/N-ethyl adjacent to an activating group) is 1. The second kappa shape index (κ2) is 8.11. The summed E-state index contributed by atoms with van der Waals surface area (Å²) < 4.78 is 0. The fourth-order valence-corrected chi connectivity index (χ4v) is 2.96. The Morgan fingerprint density at radius 1 is 1.25 bits per heavy atom. The van der Waals surface area contributed by atoms with Gasteiger partial charge in [0.2, 0.25) is 5.91 Å². The van der Waals surface area contributed by atoms with E-state index in [9.17, 15) is 9.59 Å². The number of benzene rings is 1. The van der Waals surface area contributed by atoms with Gasteiger partial charge in [-0.2, -0.15) is 0 Å². The number of pyridine rings is 1. The normalized spacial score (nSPS) is 12.5. The molecule has 2 N–H and O–H groups in total. The van der Waals surface area contributed by atoms with Crippen molar-refractivity contribution in [3.05, 3.63) is 45.7 Å². The van der Waals surface area contributed by atoms with Crippen LogP contribution in [0.25, 0.3) is 10.9 Å². The van der Waals surface area contributed by atoms with Crippen LogP contribution >= 0.6 is 0 Å². The van der Waals surface area contributed by atoms with Crippen LogP contribution in [-0.2, 0) is 11.2 Å². The molecule has 1 aromatic heterocycles. The minimum absolute atomic E-state index is 0.0227. The summed E-state index contributed by atoms with van der Waals surface area (Å²) >= 11 is 0. The van der Waals surface area contributed by atoms with Crippen LogP contribution in [0.4, 0.5) is 0 Å². The van der Waals surface area contributed by atoms with Crippen LogP contribution in [0.5, 0.6) is 0 Å². The number of nitrogens with one attached hydrogen (secondary N) is 2. The van der Waals surface area contributed by atoms with Gasteiger partial charge in [0.1, 0.15) is 0 Å². The van der Waals surface area contributed by atoms with Crippen molar-refractivity contribution in [3.63, 3.8) is 0 Å². The van der Waals surface area contributed by atoms with Crippen molar-refractivity contribution in [2.75, 3.05) is 19.6 Å². The zero-order valence-electron chi connectivity index (χ0n) is 15.0. The number of fused-ring (bicyclic) bond motifs is 1. The largest absolute Gasteiger partial charge is 0.354 e. The third-order valence-corrected chi connectivity index (χ3v) is 4.49. The number of H-pyrrole nitrogens is 1. The van der Waals surface area contributed by atoms with E-state index in [1.165, 1.54) is 0 Å². The molecule has 1 aromatic carbocycles. The Morgan fingerprint density at radius 2 is 1.96 bits per heavy atom. The number of aromatic nitrogens is 1. The summed E-state index contributed by atoms with van der Waals surface area (Å²) in [6.07, 6.45) is 0.346. The first-order valence-electron chi connectivity index (χ1n) is 8.57. The van der Waals surface area contributed by atoms with Gasteiger partial charge in [-0.3, -0.25) is 14.5 Å². The van der Waals surface area contributed by atoms with E-state index in [-0.39, 0.29) is 11.5 Å². The molecule has 2 aromatic rings. The minimum atomic E-state index is -0.0709. The van der Waals surface area contributed by atoms with Gasteiger partial charge in [0.25, 0.3) is 5.56 Å². The molecule has 0 fully saturated rings. The predicted molar refractivity (Wildman–Crippen MR) is 98.4 cm³/mol. The Balaban J connectivity index is 2.00. The molecule has 0 saturated heterocycles. The molecule has 0 bridgehead atoms. The van der Waals surface area contributed by atoms with E-state index in [1.807, 2.05) is 24.3 Å². The number of carbonyl (C=O) groups is 1. The molecule has 0 saturated carbocycles. The van der Waals surface area contributed by atoms with Crippen molar-refractivity contribution in [3.8, 4) is 0 Å². The first-order valence-corrected chi connectivity index (χ1v) is 8.57. The van der Waals surface area contributed by atoms with Gasteiger partial charge < -0.3 is 10.3 Å². The van der Waals surface area contributed by atoms with Gasteiger partial charge >= 0.3 is 0 Å². The fraction of sp³-hybridized carbons (Fsp3) is 0.474. The lowest BCUT2D eigenvalue weighted by molar-refractivity contribution is -0.120. The Labute approximate surface area is 143 Å². The number of hydrogen-bond donors (Lipinski definition) is 2. The molecular weight excluding hydrogens is 302 g/mol. The van der Waals surface area contributed by atoms with E-state index in [4.69, 9.17) is 0 Å². The van der Waals surface area contributed by atoms with Gasteiger partial charge in [0.15, 0.2) is 0 Å². The van der Waals surface area contributed by atoms with Crippen molar-refractivity contribution in [2.45, 2.75) is 40.2 Å². The molecule has 5 heteroatoms. The lowest BCUT2D eigenvalue weighted by Crippen LogP contribution is -2.42. The Hall–Kier alpha value is -2.14. The van der Waals surface area contributed by atoms with Crippen LogP contribution in [0.2, 0.25) is 0 Å². The molecular formula is C19H27N3O2. The topological polar surface area (TPSA) is 65.2 Å². The van der Waals surface area contributed by atoms with Crippen molar-refractivity contribution in [1.82, 2.24) is 15.2 Å². The molecule has 24 heavy (non-hydrogen) atoms. The van der Waals surface area contributed by atoms with E-state index in [0.29, 0.717) is 24.6 Å². The maximum atomic E-state index is 12.2. The molecule has 0 radical (unpaired) electrons. The molecule has 1 unspecified atom stereocenters. The number of carbonyl (C=O) groups excluding carboxylic acids is 1. The molecule has 1 heterocycles. The Morgan fingerprint density at radius 3 is 2.62 bits per heavy atom. The number of aromatic amines is 1. The number of nitrogens with zero attached hydrogens (tertiary/aromatic N) is 1. The summed E-state index contributed by atoms with van der Waals surface area (Å²) in [7, 11) is 0. The van der Waals surface area contributed by atoms with Gasteiger partial charge in [-0.05, 0) is 56.1 Å². The molecule has 2 rings (SSSR count). The predicted octanol–water partition coefficient (Wildman–Crippen LogP) is 2.23. The highest BCUT2D eigenvalue weighted by Crippen LogP contribution is 2.14. The maximum absolute atomic E-state index is 12.2. The zero-order valence-corrected chi connectivity index (χ0v) is 15.0. The van der Waals surface area contributed by atoms with Gasteiger partial charge in [-0.15, -0.1) is 0 Å². The highest BCUT2D eigenvalue weighted by molar-refractivity contribution is 5.83. The summed E-state index contributed by atoms with van der Waals surface area (Å²) in [5.74, 6) is 0.0227. The lowest BCUT2D eigenvalue weighted by Gasteiger charge is -2.26. The maximum Gasteiger partial charge on any atom is 0.251 e. The first kappa shape index (κ1) is 18.2. The highest BCUT2D eigenvalue weighted by Gasteiger charge is 2.12. The quantitative estimate of drug-likeness (QED) is 0.819. The van der Waals surface area contributed by atoms with Crippen molar-refractivity contribution in [2.24, 2.45) is 0 Å². The van der Waals surface area contributed by atoms with Crippen LogP contribution in [0.3, 0.4) is 0 Å². The Kier molecular flexibility index (Phi) is 6.15. The fourth-order valence-electron chi connectivity index (χ4n) is 2.96. The van der Waals surface area contributed by atoms with Crippen molar-refractivity contribution < 1.29 is 4.79 Å². The summed E-state index contributed by atoms with van der Waals surface area (Å²) in [6, 6.07) is 7.90. The third-order valence-electron chi connectivity index (χ3n) is 4.49. The standard InChI is InChI=1S/C19H27N3O2/c1-5-22(6-2)14(4)12-20-18(23)11-15-7-8-17-16(10-15)9-13(3)19(24)21-17/h7-10,14H,5-6,11-12H2,1-4H3,(H,20,23)(H,21,24). The van der Waals surface area contributed by atoms with Crippen LogP contribution in [0.15, 0.2) is 29.1 Å². The smallest absolute Gasteiger partial charge is 0.251 e. The minimum Gasteiger partial charge on any atom is -0.354 e. The molecule has 1 amide bonds. The zero-order chi connectivity index (χ0) is 17.7. The van der Waals surface area contributed by atoms with Crippen LogP contribution in [0.1, 0.15) is 31.9 Å². The van der Waals surface area contributed by atoms with Crippen LogP contribution < -0.4 is 10.9 Å². The van der Waals surface area contributed by atoms with Crippen LogP contribution in [0, 0.1) is 6.92 Å². The second-order valence-corrected chi connectivity index (χ2v) is 6.25. The summed E-state index contributed by atoms with van der Waals surface area (Å²) in [4.78, 5) is 29.0. The molecule has 0 aliphatic heterocycles. The van der Waals surface area contributed by atoms with E-state index in [2.05, 4.69) is 36.0 Å². The average molecular weight is 329 g/mol. The van der Waals surface area contributed by atoms with E-state index in [1.54, 1.807) is 6.92 Å². The van der Waals surface area contributed by atoms with E-state index in [0.717, 1.165) is 29.6 Å². The first-order chi connectivity index (χ1) is 11.4. The second-order valence-electron chi connectivity index (χ2n) is 6.25. The lowest BCUT2D eigenvalue weighted by atomic mass is 10.1. The average Bonchev–Trinajstić information content (AvgIpc) is 2.55. The monoisotopic (exact) mass is 329 g/mol.